The molecule has 0 aromatic heterocycles. The largest absolute Gasteiger partial charge is 0.324 e. The number of carbonyl (C=O) groups excluding carboxylic acids is 2. The van der Waals surface area contributed by atoms with Gasteiger partial charge in [0.15, 0.2) is 0 Å². The first-order chi connectivity index (χ1) is 10.7. The van der Waals surface area contributed by atoms with E-state index in [1.807, 2.05) is 42.5 Å². The minimum atomic E-state index is -0.00410. The zero-order chi connectivity index (χ0) is 15.1. The average Bonchev–Trinajstić information content (AvgIpc) is 2.54. The van der Waals surface area contributed by atoms with Gasteiger partial charge in [0.2, 0.25) is 11.8 Å². The minimum absolute atomic E-state index is 0.00410. The van der Waals surface area contributed by atoms with E-state index >= 15 is 0 Å². The van der Waals surface area contributed by atoms with Crippen LogP contribution in [0.4, 0.5) is 17.1 Å². The lowest BCUT2D eigenvalue weighted by atomic mass is 10.2. The van der Waals surface area contributed by atoms with Crippen LogP contribution < -0.4 is 10.2 Å². The summed E-state index contributed by atoms with van der Waals surface area (Å²) in [6, 6.07) is 13.7. The number of nitrogens with zero attached hydrogens (tertiary/aromatic N) is 1. The highest BCUT2D eigenvalue weighted by molar-refractivity contribution is 8.00. The summed E-state index contributed by atoms with van der Waals surface area (Å²) in [4.78, 5) is 27.8. The van der Waals surface area contributed by atoms with Gasteiger partial charge in [0.25, 0.3) is 0 Å². The van der Waals surface area contributed by atoms with E-state index in [1.165, 1.54) is 11.8 Å². The molecule has 22 heavy (non-hydrogen) atoms. The first kappa shape index (κ1) is 13.7. The molecule has 0 spiro atoms. The maximum absolute atomic E-state index is 12.4. The summed E-state index contributed by atoms with van der Waals surface area (Å²) in [7, 11) is 0. The molecule has 110 valence electrons. The average molecular weight is 328 g/mol. The van der Waals surface area contributed by atoms with Crippen LogP contribution in [-0.4, -0.2) is 23.3 Å². The number of rotatable bonds is 1. The van der Waals surface area contributed by atoms with E-state index in [1.54, 1.807) is 16.7 Å². The molecule has 0 bridgehead atoms. The third-order valence-electron chi connectivity index (χ3n) is 3.56. The van der Waals surface area contributed by atoms with Gasteiger partial charge in [-0.3, -0.25) is 14.5 Å². The summed E-state index contributed by atoms with van der Waals surface area (Å²) in [6.45, 7) is 0. The Hall–Kier alpha value is -1.92. The molecule has 0 radical (unpaired) electrons. The number of carbonyl (C=O) groups is 2. The van der Waals surface area contributed by atoms with Crippen molar-refractivity contribution >= 4 is 52.4 Å². The lowest BCUT2D eigenvalue weighted by molar-refractivity contribution is -0.115. The zero-order valence-electron chi connectivity index (χ0n) is 11.5. The number of benzene rings is 2. The van der Waals surface area contributed by atoms with E-state index in [0.29, 0.717) is 11.5 Å². The first-order valence-electron chi connectivity index (χ1n) is 6.84. The van der Waals surface area contributed by atoms with Crippen LogP contribution in [0.1, 0.15) is 0 Å². The van der Waals surface area contributed by atoms with Crippen LogP contribution in [0, 0.1) is 0 Å². The normalized spacial score (nSPS) is 16.8. The van der Waals surface area contributed by atoms with Gasteiger partial charge in [0.1, 0.15) is 0 Å². The Morgan fingerprint density at radius 1 is 0.955 bits per heavy atom. The SMILES string of the molecule is O=C1CSc2ccc(N3C(=O)CSc4ccccc43)cc2N1. The lowest BCUT2D eigenvalue weighted by Crippen LogP contribution is -2.31. The van der Waals surface area contributed by atoms with Gasteiger partial charge >= 0.3 is 0 Å². The molecule has 2 aromatic carbocycles. The quantitative estimate of drug-likeness (QED) is 0.870. The number of fused-ring (bicyclic) bond motifs is 2. The fraction of sp³-hybridized carbons (Fsp3) is 0.125. The summed E-state index contributed by atoms with van der Waals surface area (Å²) in [6.07, 6.45) is 0. The second kappa shape index (κ2) is 5.37. The molecule has 4 nitrogen and oxygen atoms in total. The van der Waals surface area contributed by atoms with Gasteiger partial charge < -0.3 is 5.32 Å². The monoisotopic (exact) mass is 328 g/mol. The molecule has 0 saturated heterocycles. The maximum atomic E-state index is 12.4. The lowest BCUT2D eigenvalue weighted by Gasteiger charge is -2.30. The predicted molar refractivity (Wildman–Crippen MR) is 90.1 cm³/mol. The number of amides is 2. The van der Waals surface area contributed by atoms with Crippen LogP contribution in [-0.2, 0) is 9.59 Å². The first-order valence-corrected chi connectivity index (χ1v) is 8.81. The summed E-state index contributed by atoms with van der Waals surface area (Å²) in [5, 5.41) is 2.88. The number of nitrogens with one attached hydrogen (secondary N) is 1. The molecular formula is C16H12N2O2S2. The van der Waals surface area contributed by atoms with Gasteiger partial charge in [-0.1, -0.05) is 12.1 Å². The van der Waals surface area contributed by atoms with Gasteiger partial charge in [0, 0.05) is 9.79 Å². The Kier molecular flexibility index (Phi) is 3.35. The molecule has 0 fully saturated rings. The summed E-state index contributed by atoms with van der Waals surface area (Å²) in [5.74, 6) is 0.915. The smallest absolute Gasteiger partial charge is 0.241 e. The Labute approximate surface area is 136 Å². The Morgan fingerprint density at radius 3 is 2.68 bits per heavy atom. The predicted octanol–water partition coefficient (Wildman–Crippen LogP) is 3.50. The van der Waals surface area contributed by atoms with Crippen molar-refractivity contribution in [3.05, 3.63) is 42.5 Å². The van der Waals surface area contributed by atoms with Gasteiger partial charge in [-0.05, 0) is 30.3 Å². The second-order valence-electron chi connectivity index (χ2n) is 5.00. The Morgan fingerprint density at radius 2 is 1.77 bits per heavy atom. The van der Waals surface area contributed by atoms with E-state index in [9.17, 15) is 9.59 Å². The van der Waals surface area contributed by atoms with Gasteiger partial charge in [-0.15, -0.1) is 23.5 Å². The highest BCUT2D eigenvalue weighted by atomic mass is 32.2. The molecule has 4 rings (SSSR count). The van der Waals surface area contributed by atoms with Crippen molar-refractivity contribution in [2.24, 2.45) is 0 Å². The molecule has 2 amide bonds. The van der Waals surface area contributed by atoms with Crippen LogP contribution in [0.2, 0.25) is 0 Å². The highest BCUT2D eigenvalue weighted by Gasteiger charge is 2.27. The summed E-state index contributed by atoms with van der Waals surface area (Å²) in [5.41, 5.74) is 2.47. The highest BCUT2D eigenvalue weighted by Crippen LogP contribution is 2.41. The number of hydrogen-bond acceptors (Lipinski definition) is 4. The molecule has 0 aliphatic carbocycles. The number of thioether (sulfide) groups is 2. The molecule has 0 atom stereocenters. The molecule has 2 aliphatic heterocycles. The summed E-state index contributed by atoms with van der Waals surface area (Å²) < 4.78 is 0. The fourth-order valence-corrected chi connectivity index (χ4v) is 4.27. The molecule has 0 unspecified atom stereocenters. The molecule has 2 aliphatic rings. The zero-order valence-corrected chi connectivity index (χ0v) is 13.2. The maximum Gasteiger partial charge on any atom is 0.241 e. The third kappa shape index (κ3) is 2.28. The topological polar surface area (TPSA) is 49.4 Å². The molecule has 2 heterocycles. The number of anilines is 3. The van der Waals surface area contributed by atoms with Crippen LogP contribution in [0.3, 0.4) is 0 Å². The third-order valence-corrected chi connectivity index (χ3v) is 5.68. The molecule has 6 heteroatoms. The van der Waals surface area contributed by atoms with Crippen LogP contribution >= 0.6 is 23.5 Å². The van der Waals surface area contributed by atoms with Crippen molar-refractivity contribution in [2.45, 2.75) is 9.79 Å². The van der Waals surface area contributed by atoms with Crippen molar-refractivity contribution < 1.29 is 9.59 Å². The molecule has 0 saturated carbocycles. The minimum Gasteiger partial charge on any atom is -0.324 e. The molecular weight excluding hydrogens is 316 g/mol. The van der Waals surface area contributed by atoms with Crippen molar-refractivity contribution in [2.75, 3.05) is 21.7 Å². The van der Waals surface area contributed by atoms with Crippen molar-refractivity contribution in [1.82, 2.24) is 0 Å². The van der Waals surface area contributed by atoms with Crippen LogP contribution in [0.5, 0.6) is 0 Å². The summed E-state index contributed by atoms with van der Waals surface area (Å²) >= 11 is 3.08. The molecule has 1 N–H and O–H groups in total. The van der Waals surface area contributed by atoms with E-state index in [-0.39, 0.29) is 11.8 Å². The van der Waals surface area contributed by atoms with Crippen LogP contribution in [0.15, 0.2) is 52.3 Å². The number of para-hydroxylation sites is 1. The van der Waals surface area contributed by atoms with E-state index < -0.39 is 0 Å². The fourth-order valence-electron chi connectivity index (χ4n) is 2.60. The van der Waals surface area contributed by atoms with Crippen molar-refractivity contribution in [3.8, 4) is 0 Å². The second-order valence-corrected chi connectivity index (χ2v) is 7.04. The van der Waals surface area contributed by atoms with Crippen molar-refractivity contribution in [1.29, 1.82) is 0 Å². The van der Waals surface area contributed by atoms with Crippen molar-refractivity contribution in [3.63, 3.8) is 0 Å². The van der Waals surface area contributed by atoms with Gasteiger partial charge in [-0.25, -0.2) is 0 Å². The van der Waals surface area contributed by atoms with Gasteiger partial charge in [0.05, 0.1) is 28.6 Å². The molecule has 2 aromatic rings. The van der Waals surface area contributed by atoms with Gasteiger partial charge in [-0.2, -0.15) is 0 Å². The van der Waals surface area contributed by atoms with E-state index in [2.05, 4.69) is 5.32 Å². The Bertz CT molecular complexity index is 791. The van der Waals surface area contributed by atoms with Crippen LogP contribution in [0.25, 0.3) is 0 Å². The van der Waals surface area contributed by atoms with E-state index in [4.69, 9.17) is 0 Å². The standard InChI is InChI=1S/C16H12N2O2S2/c19-15-8-21-13-6-5-10(7-11(13)17-15)18-12-3-1-2-4-14(12)22-9-16(18)20/h1-7H,8-9H2,(H,17,19). The van der Waals surface area contributed by atoms with E-state index in [0.717, 1.165) is 26.9 Å². The Balaban J connectivity index is 1.80. The number of hydrogen-bond donors (Lipinski definition) is 1.